The maximum absolute atomic E-state index is 12.3. The predicted molar refractivity (Wildman–Crippen MR) is 75.8 cm³/mol. The number of aliphatic carboxylic acids is 1. The summed E-state index contributed by atoms with van der Waals surface area (Å²) in [7, 11) is 0. The lowest BCUT2D eigenvalue weighted by molar-refractivity contribution is -0.155. The predicted octanol–water partition coefficient (Wildman–Crippen LogP) is 1.48. The zero-order valence-electron chi connectivity index (χ0n) is 12.4. The number of nitrogens with one attached hydrogen (secondary N) is 1. The van der Waals surface area contributed by atoms with Gasteiger partial charge in [-0.2, -0.15) is 13.2 Å². The van der Waals surface area contributed by atoms with Gasteiger partial charge in [0.2, 0.25) is 11.8 Å². The SMILES string of the molecule is O=C(CC(F)(F)F)N[C@H]1CCN([C@H](C(=O)O)c2ccccc2)C1=O. The van der Waals surface area contributed by atoms with E-state index in [1.165, 1.54) is 0 Å². The molecule has 9 heteroatoms. The van der Waals surface area contributed by atoms with E-state index in [0.717, 1.165) is 4.90 Å². The number of benzene rings is 1. The average Bonchev–Trinajstić information content (AvgIpc) is 2.80. The Balaban J connectivity index is 2.09. The fourth-order valence-electron chi connectivity index (χ4n) is 2.61. The minimum absolute atomic E-state index is 0.0294. The molecule has 2 atom stereocenters. The molecule has 24 heavy (non-hydrogen) atoms. The third-order valence-corrected chi connectivity index (χ3v) is 3.60. The van der Waals surface area contributed by atoms with Gasteiger partial charge in [-0.05, 0) is 12.0 Å². The number of alkyl halides is 3. The van der Waals surface area contributed by atoms with Gasteiger partial charge in [0.25, 0.3) is 0 Å². The van der Waals surface area contributed by atoms with E-state index < -0.39 is 42.5 Å². The van der Waals surface area contributed by atoms with E-state index >= 15 is 0 Å². The summed E-state index contributed by atoms with van der Waals surface area (Å²) in [6.45, 7) is 0.0294. The van der Waals surface area contributed by atoms with Crippen molar-refractivity contribution in [3.63, 3.8) is 0 Å². The van der Waals surface area contributed by atoms with E-state index in [1.807, 2.05) is 5.32 Å². The molecule has 2 N–H and O–H groups in total. The van der Waals surface area contributed by atoms with E-state index in [4.69, 9.17) is 0 Å². The van der Waals surface area contributed by atoms with E-state index in [1.54, 1.807) is 30.3 Å². The topological polar surface area (TPSA) is 86.7 Å². The number of likely N-dealkylation sites (tertiary alicyclic amines) is 1. The third kappa shape index (κ3) is 4.24. The van der Waals surface area contributed by atoms with E-state index in [9.17, 15) is 32.7 Å². The number of nitrogens with zero attached hydrogens (tertiary/aromatic N) is 1. The minimum atomic E-state index is -4.67. The van der Waals surface area contributed by atoms with Crippen LogP contribution in [0.1, 0.15) is 24.4 Å². The Labute approximate surface area is 135 Å². The van der Waals surface area contributed by atoms with E-state index in [-0.39, 0.29) is 13.0 Å². The molecule has 1 saturated heterocycles. The molecule has 0 radical (unpaired) electrons. The Morgan fingerprint density at radius 1 is 1.29 bits per heavy atom. The maximum Gasteiger partial charge on any atom is 0.397 e. The molecular formula is C15H15F3N2O4. The number of carbonyl (C=O) groups is 3. The molecular weight excluding hydrogens is 329 g/mol. The van der Waals surface area contributed by atoms with Gasteiger partial charge in [-0.15, -0.1) is 0 Å². The molecule has 0 spiro atoms. The highest BCUT2D eigenvalue weighted by atomic mass is 19.4. The zero-order valence-corrected chi connectivity index (χ0v) is 12.4. The summed E-state index contributed by atoms with van der Waals surface area (Å²) in [4.78, 5) is 36.2. The van der Waals surface area contributed by atoms with Gasteiger partial charge in [-0.1, -0.05) is 30.3 Å². The Bertz CT molecular complexity index is 633. The third-order valence-electron chi connectivity index (χ3n) is 3.60. The molecule has 1 aromatic rings. The van der Waals surface area contributed by atoms with Gasteiger partial charge in [0.05, 0.1) is 0 Å². The van der Waals surface area contributed by atoms with Crippen LogP contribution in [0.5, 0.6) is 0 Å². The Morgan fingerprint density at radius 3 is 2.46 bits per heavy atom. The first-order valence-electron chi connectivity index (χ1n) is 7.13. The Morgan fingerprint density at radius 2 is 1.92 bits per heavy atom. The second-order valence-corrected chi connectivity index (χ2v) is 5.38. The number of hydrogen-bond acceptors (Lipinski definition) is 3. The number of carboxylic acid groups (broad SMARTS) is 1. The van der Waals surface area contributed by atoms with Crippen LogP contribution in [0.25, 0.3) is 0 Å². The van der Waals surface area contributed by atoms with Crippen LogP contribution in [0.3, 0.4) is 0 Å². The van der Waals surface area contributed by atoms with Crippen molar-refractivity contribution in [1.82, 2.24) is 10.2 Å². The van der Waals surface area contributed by atoms with Gasteiger partial charge in [0.1, 0.15) is 12.5 Å². The molecule has 0 aliphatic carbocycles. The van der Waals surface area contributed by atoms with Crippen LogP contribution in [0.2, 0.25) is 0 Å². The van der Waals surface area contributed by atoms with Gasteiger partial charge >= 0.3 is 12.1 Å². The fraction of sp³-hybridized carbons (Fsp3) is 0.400. The van der Waals surface area contributed by atoms with Crippen molar-refractivity contribution in [3.05, 3.63) is 35.9 Å². The van der Waals surface area contributed by atoms with Crippen molar-refractivity contribution >= 4 is 17.8 Å². The molecule has 2 rings (SSSR count). The lowest BCUT2D eigenvalue weighted by Gasteiger charge is -2.25. The minimum Gasteiger partial charge on any atom is -0.479 e. The van der Waals surface area contributed by atoms with Crippen molar-refractivity contribution in [2.75, 3.05) is 6.54 Å². The first-order chi connectivity index (χ1) is 11.2. The highest BCUT2D eigenvalue weighted by Crippen LogP contribution is 2.27. The number of rotatable bonds is 5. The van der Waals surface area contributed by atoms with Crippen molar-refractivity contribution in [2.45, 2.75) is 31.1 Å². The van der Waals surface area contributed by atoms with E-state index in [0.29, 0.717) is 5.56 Å². The number of carboxylic acids is 1. The summed E-state index contributed by atoms with van der Waals surface area (Å²) in [6, 6.07) is 5.62. The molecule has 2 amide bonds. The largest absolute Gasteiger partial charge is 0.479 e. The Hall–Kier alpha value is -2.58. The highest BCUT2D eigenvalue weighted by molar-refractivity contribution is 5.92. The van der Waals surface area contributed by atoms with Crippen LogP contribution < -0.4 is 5.32 Å². The molecule has 1 aliphatic heterocycles. The summed E-state index contributed by atoms with van der Waals surface area (Å²) in [5.74, 6) is -3.27. The van der Waals surface area contributed by atoms with Gasteiger partial charge in [-0.25, -0.2) is 4.79 Å². The molecule has 130 valence electrons. The monoisotopic (exact) mass is 344 g/mol. The molecule has 0 saturated carbocycles. The summed E-state index contributed by atoms with van der Waals surface area (Å²) in [5, 5.41) is 11.4. The van der Waals surface area contributed by atoms with Crippen LogP contribution in [0.15, 0.2) is 30.3 Å². The summed E-state index contributed by atoms with van der Waals surface area (Å²) in [5.41, 5.74) is 0.376. The van der Waals surface area contributed by atoms with Crippen molar-refractivity contribution in [2.24, 2.45) is 0 Å². The number of halogens is 3. The molecule has 0 unspecified atom stereocenters. The van der Waals surface area contributed by atoms with Crippen molar-refractivity contribution < 1.29 is 32.7 Å². The summed E-state index contributed by atoms with van der Waals surface area (Å²) in [6.07, 6.45) is -6.30. The molecule has 1 heterocycles. The standard InChI is InChI=1S/C15H15F3N2O4/c16-15(17,18)8-11(21)19-10-6-7-20(13(10)22)12(14(23)24)9-4-2-1-3-5-9/h1-5,10,12H,6-8H2,(H,19,21)(H,23,24)/t10-,12-/m0/s1. The van der Waals surface area contributed by atoms with Crippen LogP contribution in [0, 0.1) is 0 Å². The zero-order chi connectivity index (χ0) is 17.9. The summed E-state index contributed by atoms with van der Waals surface area (Å²) < 4.78 is 36.5. The maximum atomic E-state index is 12.3. The average molecular weight is 344 g/mol. The lowest BCUT2D eigenvalue weighted by atomic mass is 10.1. The van der Waals surface area contributed by atoms with Crippen molar-refractivity contribution in [3.8, 4) is 0 Å². The Kier molecular flexibility index (Phi) is 5.10. The number of carbonyl (C=O) groups excluding carboxylic acids is 2. The fourth-order valence-corrected chi connectivity index (χ4v) is 2.61. The van der Waals surface area contributed by atoms with Crippen LogP contribution in [-0.2, 0) is 14.4 Å². The van der Waals surface area contributed by atoms with Crippen LogP contribution in [0.4, 0.5) is 13.2 Å². The van der Waals surface area contributed by atoms with Gasteiger partial charge < -0.3 is 15.3 Å². The quantitative estimate of drug-likeness (QED) is 0.847. The molecule has 0 aromatic heterocycles. The number of hydrogen-bond donors (Lipinski definition) is 2. The van der Waals surface area contributed by atoms with Crippen LogP contribution in [-0.4, -0.2) is 46.6 Å². The van der Waals surface area contributed by atoms with Gasteiger partial charge in [0, 0.05) is 6.54 Å². The molecule has 6 nitrogen and oxygen atoms in total. The smallest absolute Gasteiger partial charge is 0.397 e. The lowest BCUT2D eigenvalue weighted by Crippen LogP contribution is -2.44. The van der Waals surface area contributed by atoms with E-state index in [2.05, 4.69) is 0 Å². The first kappa shape index (κ1) is 17.8. The number of amides is 2. The second-order valence-electron chi connectivity index (χ2n) is 5.38. The first-order valence-corrected chi connectivity index (χ1v) is 7.13. The second kappa shape index (κ2) is 6.90. The molecule has 1 aliphatic rings. The van der Waals surface area contributed by atoms with Gasteiger partial charge in [0.15, 0.2) is 6.04 Å². The molecule has 1 fully saturated rings. The van der Waals surface area contributed by atoms with Crippen molar-refractivity contribution in [1.29, 1.82) is 0 Å². The summed E-state index contributed by atoms with van der Waals surface area (Å²) >= 11 is 0. The molecule has 0 bridgehead atoms. The normalized spacial score (nSPS) is 19.2. The van der Waals surface area contributed by atoms with Gasteiger partial charge in [-0.3, -0.25) is 9.59 Å². The van der Waals surface area contributed by atoms with Crippen LogP contribution >= 0.6 is 0 Å². The molecule has 1 aromatic carbocycles. The highest BCUT2D eigenvalue weighted by Gasteiger charge is 2.41.